The molecule has 4 heteroatoms. The Hall–Kier alpha value is -1.39. The van der Waals surface area contributed by atoms with Crippen molar-refractivity contribution in [1.82, 2.24) is 5.32 Å². The molecule has 1 aromatic rings. The van der Waals surface area contributed by atoms with E-state index in [9.17, 15) is 4.79 Å². The Morgan fingerprint density at radius 1 is 1.37 bits per heavy atom. The smallest absolute Gasteiger partial charge is 0.181 e. The number of likely N-dealkylation sites (N-methyl/N-ethyl adjacent to an activating group) is 1. The van der Waals surface area contributed by atoms with Crippen molar-refractivity contribution in [1.29, 1.82) is 0 Å². The molecule has 0 bridgehead atoms. The van der Waals surface area contributed by atoms with E-state index in [2.05, 4.69) is 10.2 Å². The van der Waals surface area contributed by atoms with Crippen LogP contribution in [0.3, 0.4) is 0 Å². The summed E-state index contributed by atoms with van der Waals surface area (Å²) < 4.78 is 5.37. The summed E-state index contributed by atoms with van der Waals surface area (Å²) in [6, 6.07) is 7.76. The average Bonchev–Trinajstić information content (AvgIpc) is 2.49. The molecule has 104 valence electrons. The summed E-state index contributed by atoms with van der Waals surface area (Å²) in [4.78, 5) is 14.8. The van der Waals surface area contributed by atoms with E-state index in [1.54, 1.807) is 0 Å². The molecule has 0 aliphatic carbocycles. The molecular weight excluding hydrogens is 240 g/mol. The molecule has 19 heavy (non-hydrogen) atoms. The highest BCUT2D eigenvalue weighted by atomic mass is 16.5. The van der Waals surface area contributed by atoms with Gasteiger partial charge in [0.1, 0.15) is 0 Å². The Kier molecular flexibility index (Phi) is 4.93. The van der Waals surface area contributed by atoms with Crippen molar-refractivity contribution in [3.63, 3.8) is 0 Å². The molecule has 0 amide bonds. The van der Waals surface area contributed by atoms with Crippen molar-refractivity contribution in [2.24, 2.45) is 0 Å². The zero-order valence-electron chi connectivity index (χ0n) is 11.7. The fraction of sp³-hybridized carbons (Fsp3) is 0.533. The predicted molar refractivity (Wildman–Crippen MR) is 76.9 cm³/mol. The number of para-hydroxylation sites is 1. The number of nitrogens with zero attached hydrogens (tertiary/aromatic N) is 1. The molecule has 0 aromatic heterocycles. The second kappa shape index (κ2) is 6.68. The van der Waals surface area contributed by atoms with Crippen LogP contribution in [0.5, 0.6) is 0 Å². The quantitative estimate of drug-likeness (QED) is 0.820. The maximum Gasteiger partial charge on any atom is 0.181 e. The number of hydrogen-bond acceptors (Lipinski definition) is 4. The molecule has 1 aliphatic rings. The molecule has 1 N–H and O–H groups in total. The summed E-state index contributed by atoms with van der Waals surface area (Å²) >= 11 is 0. The minimum Gasteiger partial charge on any atom is -0.378 e. The van der Waals surface area contributed by atoms with Crippen LogP contribution in [0.2, 0.25) is 0 Å². The van der Waals surface area contributed by atoms with Crippen LogP contribution in [-0.4, -0.2) is 45.2 Å². The summed E-state index contributed by atoms with van der Waals surface area (Å²) in [5.41, 5.74) is 1.84. The fourth-order valence-electron chi connectivity index (χ4n) is 2.47. The number of nitrogens with one attached hydrogen (secondary N) is 1. The first-order valence-corrected chi connectivity index (χ1v) is 6.91. The van der Waals surface area contributed by atoms with E-state index in [4.69, 9.17) is 4.74 Å². The van der Waals surface area contributed by atoms with Crippen LogP contribution < -0.4 is 10.2 Å². The van der Waals surface area contributed by atoms with E-state index in [1.807, 2.05) is 38.2 Å². The van der Waals surface area contributed by atoms with Gasteiger partial charge in [0.05, 0.1) is 19.3 Å². The Morgan fingerprint density at radius 3 is 2.68 bits per heavy atom. The van der Waals surface area contributed by atoms with Gasteiger partial charge in [-0.05, 0) is 25.6 Å². The van der Waals surface area contributed by atoms with E-state index >= 15 is 0 Å². The van der Waals surface area contributed by atoms with Crippen LogP contribution in [0.1, 0.15) is 23.7 Å². The molecule has 1 atom stereocenters. The lowest BCUT2D eigenvalue weighted by atomic mass is 10.00. The van der Waals surface area contributed by atoms with Gasteiger partial charge in [-0.15, -0.1) is 0 Å². The van der Waals surface area contributed by atoms with Gasteiger partial charge in [-0.25, -0.2) is 0 Å². The van der Waals surface area contributed by atoms with E-state index in [0.29, 0.717) is 0 Å². The largest absolute Gasteiger partial charge is 0.378 e. The molecule has 0 spiro atoms. The maximum atomic E-state index is 12.6. The van der Waals surface area contributed by atoms with Crippen molar-refractivity contribution in [3.05, 3.63) is 29.8 Å². The number of morpholine rings is 1. The van der Waals surface area contributed by atoms with E-state index in [1.165, 1.54) is 0 Å². The third-order valence-electron chi connectivity index (χ3n) is 3.59. The number of carbonyl (C=O) groups is 1. The van der Waals surface area contributed by atoms with Gasteiger partial charge in [0.2, 0.25) is 0 Å². The average molecular weight is 262 g/mol. The lowest BCUT2D eigenvalue weighted by Crippen LogP contribution is -2.39. The first-order chi connectivity index (χ1) is 9.27. The van der Waals surface area contributed by atoms with E-state index < -0.39 is 0 Å². The number of anilines is 1. The molecule has 4 nitrogen and oxygen atoms in total. The van der Waals surface area contributed by atoms with Crippen LogP contribution in [0.25, 0.3) is 0 Å². The number of benzene rings is 1. The van der Waals surface area contributed by atoms with Crippen LogP contribution in [0, 0.1) is 0 Å². The summed E-state index contributed by atoms with van der Waals surface area (Å²) in [6.07, 6.45) is 0.798. The molecule has 2 rings (SSSR count). The van der Waals surface area contributed by atoms with Gasteiger partial charge in [0, 0.05) is 24.3 Å². The van der Waals surface area contributed by atoms with Crippen LogP contribution >= 0.6 is 0 Å². The SMILES string of the molecule is CCC(NC)C(=O)c1ccccc1N1CCOCC1. The van der Waals surface area contributed by atoms with Crippen molar-refractivity contribution in [2.45, 2.75) is 19.4 Å². The van der Waals surface area contributed by atoms with Gasteiger partial charge in [-0.1, -0.05) is 19.1 Å². The third-order valence-corrected chi connectivity index (χ3v) is 3.59. The number of carbonyl (C=O) groups excluding carboxylic acids is 1. The topological polar surface area (TPSA) is 41.6 Å². The molecule has 1 unspecified atom stereocenters. The molecule has 0 saturated carbocycles. The second-order valence-corrected chi connectivity index (χ2v) is 4.73. The molecular formula is C15H22N2O2. The van der Waals surface area contributed by atoms with Crippen molar-refractivity contribution in [3.8, 4) is 0 Å². The summed E-state index contributed by atoms with van der Waals surface area (Å²) in [5.74, 6) is 0.173. The third kappa shape index (κ3) is 3.14. The molecule has 0 radical (unpaired) electrons. The predicted octanol–water partition coefficient (Wildman–Crippen LogP) is 1.70. The highest BCUT2D eigenvalue weighted by molar-refractivity contribution is 6.04. The lowest BCUT2D eigenvalue weighted by molar-refractivity contribution is 0.0943. The standard InChI is InChI=1S/C15H22N2O2/c1-3-13(16-2)15(18)12-6-4-5-7-14(12)17-8-10-19-11-9-17/h4-7,13,16H,3,8-11H2,1-2H3. The first kappa shape index (κ1) is 14.0. The maximum absolute atomic E-state index is 12.6. The van der Waals surface area contributed by atoms with Gasteiger partial charge in [0.15, 0.2) is 5.78 Å². The number of ether oxygens (including phenoxy) is 1. The number of Topliss-reactive ketones (excluding diaryl/α,β-unsaturated/α-hetero) is 1. The minimum atomic E-state index is -0.109. The van der Waals surface area contributed by atoms with Gasteiger partial charge in [-0.3, -0.25) is 4.79 Å². The van der Waals surface area contributed by atoms with Crippen LogP contribution in [0.4, 0.5) is 5.69 Å². The van der Waals surface area contributed by atoms with Crippen molar-refractivity contribution < 1.29 is 9.53 Å². The van der Waals surface area contributed by atoms with Gasteiger partial charge >= 0.3 is 0 Å². The van der Waals surface area contributed by atoms with Gasteiger partial charge in [-0.2, -0.15) is 0 Å². The van der Waals surface area contributed by atoms with Gasteiger partial charge in [0.25, 0.3) is 0 Å². The molecule has 1 heterocycles. The Labute approximate surface area is 114 Å². The highest BCUT2D eigenvalue weighted by Gasteiger charge is 2.22. The summed E-state index contributed by atoms with van der Waals surface area (Å²) in [5, 5.41) is 3.09. The number of hydrogen-bond donors (Lipinski definition) is 1. The summed E-state index contributed by atoms with van der Waals surface area (Å²) in [7, 11) is 1.84. The van der Waals surface area contributed by atoms with Crippen molar-refractivity contribution in [2.75, 3.05) is 38.3 Å². The molecule has 1 saturated heterocycles. The zero-order valence-corrected chi connectivity index (χ0v) is 11.7. The molecule has 1 fully saturated rings. The Bertz CT molecular complexity index is 424. The summed E-state index contributed by atoms with van der Waals surface area (Å²) in [6.45, 7) is 5.18. The first-order valence-electron chi connectivity index (χ1n) is 6.91. The Morgan fingerprint density at radius 2 is 2.05 bits per heavy atom. The number of rotatable bonds is 5. The van der Waals surface area contributed by atoms with Crippen LogP contribution in [0.15, 0.2) is 24.3 Å². The van der Waals surface area contributed by atoms with E-state index in [0.717, 1.165) is 44.0 Å². The van der Waals surface area contributed by atoms with E-state index in [-0.39, 0.29) is 11.8 Å². The number of ketones is 1. The molecule has 1 aliphatic heterocycles. The fourth-order valence-corrected chi connectivity index (χ4v) is 2.47. The highest BCUT2D eigenvalue weighted by Crippen LogP contribution is 2.23. The zero-order chi connectivity index (χ0) is 13.7. The second-order valence-electron chi connectivity index (χ2n) is 4.73. The van der Waals surface area contributed by atoms with Gasteiger partial charge < -0.3 is 15.0 Å². The molecule has 1 aromatic carbocycles. The monoisotopic (exact) mass is 262 g/mol. The van der Waals surface area contributed by atoms with Crippen molar-refractivity contribution >= 4 is 11.5 Å². The normalized spacial score (nSPS) is 17.3. The Balaban J connectivity index is 2.27. The van der Waals surface area contributed by atoms with Crippen LogP contribution in [-0.2, 0) is 4.74 Å². The minimum absolute atomic E-state index is 0.109. The lowest BCUT2D eigenvalue weighted by Gasteiger charge is -2.30.